The number of carbonyl (C=O) groups is 1. The summed E-state index contributed by atoms with van der Waals surface area (Å²) in [7, 11) is 1.36. The molecule has 1 aromatic rings. The van der Waals surface area contributed by atoms with Crippen LogP contribution < -0.4 is 0 Å². The minimum Gasteiger partial charge on any atom is -0.469 e. The van der Waals surface area contributed by atoms with Crippen LogP contribution >= 0.6 is 0 Å². The zero-order valence-electron chi connectivity index (χ0n) is 10.3. The van der Waals surface area contributed by atoms with Crippen molar-refractivity contribution in [3.63, 3.8) is 0 Å². The monoisotopic (exact) mass is 234 g/mol. The van der Waals surface area contributed by atoms with Crippen molar-refractivity contribution < 1.29 is 14.6 Å². The summed E-state index contributed by atoms with van der Waals surface area (Å²) in [5, 5.41) is 9.42. The molecule has 0 saturated carbocycles. The summed E-state index contributed by atoms with van der Waals surface area (Å²) in [6.07, 6.45) is 2.67. The molecule has 3 heteroatoms. The molecule has 0 saturated heterocycles. The smallest absolute Gasteiger partial charge is 0.309 e. The number of benzene rings is 1. The van der Waals surface area contributed by atoms with E-state index in [-0.39, 0.29) is 19.0 Å². The molecule has 0 heterocycles. The van der Waals surface area contributed by atoms with E-state index in [9.17, 15) is 9.90 Å². The highest BCUT2D eigenvalue weighted by molar-refractivity contribution is 5.73. The van der Waals surface area contributed by atoms with Gasteiger partial charge in [-0.1, -0.05) is 23.8 Å². The molecular formula is C14H18O3. The Morgan fingerprint density at radius 1 is 1.47 bits per heavy atom. The Balaban J connectivity index is 3.17. The Kier molecular flexibility index (Phi) is 4.91. The van der Waals surface area contributed by atoms with Crippen molar-refractivity contribution in [1.82, 2.24) is 0 Å². The maximum Gasteiger partial charge on any atom is 0.309 e. The first-order valence-corrected chi connectivity index (χ1v) is 5.52. The molecule has 1 rings (SSSR count). The van der Waals surface area contributed by atoms with E-state index in [4.69, 9.17) is 0 Å². The van der Waals surface area contributed by atoms with Crippen molar-refractivity contribution in [2.75, 3.05) is 7.11 Å². The number of esters is 1. The Hall–Kier alpha value is -1.61. The molecule has 92 valence electrons. The first-order chi connectivity index (χ1) is 8.12. The Morgan fingerprint density at radius 3 is 2.65 bits per heavy atom. The molecule has 1 N–H and O–H groups in total. The molecule has 0 aliphatic rings. The van der Waals surface area contributed by atoms with Crippen LogP contribution in [-0.4, -0.2) is 18.2 Å². The molecule has 0 aliphatic carbocycles. The van der Waals surface area contributed by atoms with Gasteiger partial charge in [0.05, 0.1) is 20.1 Å². The topological polar surface area (TPSA) is 46.5 Å². The molecule has 17 heavy (non-hydrogen) atoms. The number of carbonyl (C=O) groups excluding carboxylic acids is 1. The summed E-state index contributed by atoms with van der Waals surface area (Å²) < 4.78 is 4.65. The van der Waals surface area contributed by atoms with E-state index in [0.717, 1.165) is 22.3 Å². The van der Waals surface area contributed by atoms with Crippen molar-refractivity contribution in [2.24, 2.45) is 0 Å². The van der Waals surface area contributed by atoms with Crippen LogP contribution in [0.3, 0.4) is 0 Å². The summed E-state index contributed by atoms with van der Waals surface area (Å²) >= 11 is 0. The zero-order chi connectivity index (χ0) is 12.8. The van der Waals surface area contributed by atoms with Gasteiger partial charge in [-0.25, -0.2) is 0 Å². The van der Waals surface area contributed by atoms with Crippen LogP contribution in [0.15, 0.2) is 24.8 Å². The molecule has 0 aliphatic heterocycles. The molecule has 0 aromatic heterocycles. The van der Waals surface area contributed by atoms with E-state index in [0.29, 0.717) is 6.42 Å². The SMILES string of the molecule is C=CCc1cc(C)cc(CC(=O)OC)c1CO. The van der Waals surface area contributed by atoms with Crippen LogP contribution in [0.5, 0.6) is 0 Å². The fourth-order valence-corrected chi connectivity index (χ4v) is 1.90. The molecular weight excluding hydrogens is 216 g/mol. The molecule has 0 fully saturated rings. The first-order valence-electron chi connectivity index (χ1n) is 5.52. The molecule has 0 spiro atoms. The molecule has 0 amide bonds. The van der Waals surface area contributed by atoms with E-state index in [1.54, 1.807) is 6.08 Å². The summed E-state index contributed by atoms with van der Waals surface area (Å²) in [5.41, 5.74) is 3.72. The Morgan fingerprint density at radius 2 is 2.12 bits per heavy atom. The summed E-state index contributed by atoms with van der Waals surface area (Å²) in [4.78, 5) is 11.3. The predicted octanol–water partition coefficient (Wildman–Crippen LogP) is 1.93. The van der Waals surface area contributed by atoms with E-state index >= 15 is 0 Å². The quantitative estimate of drug-likeness (QED) is 0.625. The Bertz CT molecular complexity index is 422. The predicted molar refractivity (Wildman–Crippen MR) is 66.7 cm³/mol. The fraction of sp³-hybridized carbons (Fsp3) is 0.357. The maximum absolute atomic E-state index is 11.3. The second kappa shape index (κ2) is 6.21. The molecule has 0 bridgehead atoms. The number of hydrogen-bond acceptors (Lipinski definition) is 3. The van der Waals surface area contributed by atoms with Gasteiger partial charge in [0.15, 0.2) is 0 Å². The van der Waals surface area contributed by atoms with Crippen LogP contribution in [0.25, 0.3) is 0 Å². The highest BCUT2D eigenvalue weighted by atomic mass is 16.5. The third-order valence-electron chi connectivity index (χ3n) is 2.66. The first kappa shape index (κ1) is 13.5. The van der Waals surface area contributed by atoms with Gasteiger partial charge < -0.3 is 9.84 Å². The number of hydrogen-bond donors (Lipinski definition) is 1. The minimum absolute atomic E-state index is 0.0736. The number of aliphatic hydroxyl groups excluding tert-OH is 1. The van der Waals surface area contributed by atoms with Gasteiger partial charge in [0.2, 0.25) is 0 Å². The average molecular weight is 234 g/mol. The molecule has 3 nitrogen and oxygen atoms in total. The van der Waals surface area contributed by atoms with Gasteiger partial charge in [-0.15, -0.1) is 6.58 Å². The van der Waals surface area contributed by atoms with Crippen LogP contribution in [-0.2, 0) is 29.0 Å². The Labute approximate surface area is 102 Å². The summed E-state index contributed by atoms with van der Waals surface area (Å²) in [6, 6.07) is 3.92. The maximum atomic E-state index is 11.3. The average Bonchev–Trinajstić information content (AvgIpc) is 2.29. The number of rotatable bonds is 5. The van der Waals surface area contributed by atoms with Gasteiger partial charge in [-0.2, -0.15) is 0 Å². The van der Waals surface area contributed by atoms with Crippen molar-refractivity contribution >= 4 is 5.97 Å². The van der Waals surface area contributed by atoms with Crippen LogP contribution in [0.2, 0.25) is 0 Å². The van der Waals surface area contributed by atoms with Gasteiger partial charge >= 0.3 is 5.97 Å². The van der Waals surface area contributed by atoms with Gasteiger partial charge in [-0.3, -0.25) is 4.79 Å². The number of aliphatic hydroxyl groups is 1. The summed E-state index contributed by atoms with van der Waals surface area (Å²) in [6.45, 7) is 5.59. The van der Waals surface area contributed by atoms with E-state index in [1.165, 1.54) is 7.11 Å². The van der Waals surface area contributed by atoms with Crippen molar-refractivity contribution in [2.45, 2.75) is 26.4 Å². The lowest BCUT2D eigenvalue weighted by Gasteiger charge is -2.13. The zero-order valence-corrected chi connectivity index (χ0v) is 10.3. The number of methoxy groups -OCH3 is 1. The standard InChI is InChI=1S/C14H18O3/c1-4-5-11-6-10(2)7-12(13(11)9-15)8-14(16)17-3/h4,6-7,15H,1,5,8-9H2,2-3H3. The van der Waals surface area contributed by atoms with Gasteiger partial charge in [0.25, 0.3) is 0 Å². The minimum atomic E-state index is -0.296. The van der Waals surface area contributed by atoms with Crippen LogP contribution in [0.1, 0.15) is 22.3 Å². The molecule has 0 atom stereocenters. The van der Waals surface area contributed by atoms with Gasteiger partial charge in [-0.05, 0) is 30.0 Å². The lowest BCUT2D eigenvalue weighted by atomic mass is 9.94. The van der Waals surface area contributed by atoms with Gasteiger partial charge in [0.1, 0.15) is 0 Å². The van der Waals surface area contributed by atoms with E-state index < -0.39 is 0 Å². The van der Waals surface area contributed by atoms with Crippen molar-refractivity contribution in [3.8, 4) is 0 Å². The fourth-order valence-electron chi connectivity index (χ4n) is 1.90. The number of ether oxygens (including phenoxy) is 1. The van der Waals surface area contributed by atoms with Crippen molar-refractivity contribution in [3.05, 3.63) is 47.0 Å². The van der Waals surface area contributed by atoms with Crippen LogP contribution in [0, 0.1) is 6.92 Å². The highest BCUT2D eigenvalue weighted by Gasteiger charge is 2.12. The molecule has 0 unspecified atom stereocenters. The third-order valence-corrected chi connectivity index (χ3v) is 2.66. The summed E-state index contributed by atoms with van der Waals surface area (Å²) in [5.74, 6) is -0.296. The number of aryl methyl sites for hydroxylation is 1. The van der Waals surface area contributed by atoms with Gasteiger partial charge in [0, 0.05) is 0 Å². The second-order valence-corrected chi connectivity index (χ2v) is 3.97. The number of allylic oxidation sites excluding steroid dienone is 1. The largest absolute Gasteiger partial charge is 0.469 e. The molecule has 1 aromatic carbocycles. The van der Waals surface area contributed by atoms with E-state index in [2.05, 4.69) is 11.3 Å². The van der Waals surface area contributed by atoms with E-state index in [1.807, 2.05) is 19.1 Å². The van der Waals surface area contributed by atoms with Crippen LogP contribution in [0.4, 0.5) is 0 Å². The second-order valence-electron chi connectivity index (χ2n) is 3.97. The highest BCUT2D eigenvalue weighted by Crippen LogP contribution is 2.20. The third kappa shape index (κ3) is 3.43. The lowest BCUT2D eigenvalue weighted by Crippen LogP contribution is -2.09. The lowest BCUT2D eigenvalue weighted by molar-refractivity contribution is -0.139. The normalized spacial score (nSPS) is 10.1. The molecule has 0 radical (unpaired) electrons. The van der Waals surface area contributed by atoms with Crippen molar-refractivity contribution in [1.29, 1.82) is 0 Å².